The average Bonchev–Trinajstić information content (AvgIpc) is 2.57. The van der Waals surface area contributed by atoms with Crippen LogP contribution >= 0.6 is 27.5 Å². The zero-order valence-corrected chi connectivity index (χ0v) is 15.1. The summed E-state index contributed by atoms with van der Waals surface area (Å²) in [5.41, 5.74) is -0.196. The van der Waals surface area contributed by atoms with Gasteiger partial charge in [-0.2, -0.15) is 0 Å². The van der Waals surface area contributed by atoms with Crippen LogP contribution in [0.2, 0.25) is 5.02 Å². The highest BCUT2D eigenvalue weighted by Gasteiger charge is 2.37. The summed E-state index contributed by atoms with van der Waals surface area (Å²) in [7, 11) is 0. The normalized spacial score (nSPS) is 16.2. The molecule has 0 bridgehead atoms. The van der Waals surface area contributed by atoms with Gasteiger partial charge in [-0.15, -0.1) is 0 Å². The Morgan fingerprint density at radius 2 is 1.81 bits per heavy atom. The van der Waals surface area contributed by atoms with Gasteiger partial charge in [0, 0.05) is 10.0 Å². The van der Waals surface area contributed by atoms with Crippen molar-refractivity contribution < 1.29 is 23.9 Å². The summed E-state index contributed by atoms with van der Waals surface area (Å²) in [6, 6.07) is 6.55. The Balaban J connectivity index is 2.07. The van der Waals surface area contributed by atoms with E-state index in [2.05, 4.69) is 15.9 Å². The maximum Gasteiger partial charge on any atom is 0.335 e. The number of rotatable bonds is 2. The molecule has 0 aromatic heterocycles. The number of hydrogen-bond acceptors (Lipinski definition) is 4. The summed E-state index contributed by atoms with van der Waals surface area (Å²) >= 11 is 9.07. The van der Waals surface area contributed by atoms with Crippen LogP contribution in [0, 0.1) is 5.82 Å². The molecule has 132 valence electrons. The number of imide groups is 2. The van der Waals surface area contributed by atoms with E-state index in [1.54, 1.807) is 0 Å². The van der Waals surface area contributed by atoms with Gasteiger partial charge >= 0.3 is 6.03 Å². The van der Waals surface area contributed by atoms with Crippen LogP contribution in [0.15, 0.2) is 46.4 Å². The summed E-state index contributed by atoms with van der Waals surface area (Å²) in [6.07, 6.45) is 1.12. The van der Waals surface area contributed by atoms with E-state index in [1.807, 2.05) is 5.32 Å². The summed E-state index contributed by atoms with van der Waals surface area (Å²) < 4.78 is 13.6. The second-order valence-electron chi connectivity index (χ2n) is 5.26. The molecule has 2 N–H and O–H groups in total. The molecule has 9 heteroatoms. The molecule has 4 amide bonds. The molecule has 3 rings (SSSR count). The van der Waals surface area contributed by atoms with Crippen molar-refractivity contribution in [3.05, 3.63) is 62.8 Å². The fourth-order valence-corrected chi connectivity index (χ4v) is 3.17. The third-order valence-corrected chi connectivity index (χ3v) is 4.29. The van der Waals surface area contributed by atoms with Crippen LogP contribution in [0.3, 0.4) is 0 Å². The minimum absolute atomic E-state index is 0.0151. The first-order valence-electron chi connectivity index (χ1n) is 7.13. The van der Waals surface area contributed by atoms with E-state index in [0.717, 1.165) is 18.2 Å². The lowest BCUT2D eigenvalue weighted by Gasteiger charge is -2.26. The Bertz CT molecular complexity index is 975. The van der Waals surface area contributed by atoms with Gasteiger partial charge in [0.1, 0.15) is 17.1 Å². The lowest BCUT2D eigenvalue weighted by molar-refractivity contribution is -0.122. The van der Waals surface area contributed by atoms with E-state index in [4.69, 9.17) is 11.6 Å². The van der Waals surface area contributed by atoms with Gasteiger partial charge in [0.2, 0.25) is 0 Å². The Morgan fingerprint density at radius 3 is 2.46 bits per heavy atom. The third kappa shape index (κ3) is 3.33. The standard InChI is InChI=1S/C17H9BrClFN2O4/c18-9-5-8(14(23)13(19)7-9)6-12-15(24)21-17(26)22(16(12)25)11-3-1-10(20)2-4-11/h1-7,23H,(H,21,24,26)/b12-6-. The molecule has 26 heavy (non-hydrogen) atoms. The summed E-state index contributed by atoms with van der Waals surface area (Å²) in [5.74, 6) is -2.71. The van der Waals surface area contributed by atoms with E-state index in [0.29, 0.717) is 9.37 Å². The SMILES string of the molecule is O=C1NC(=O)N(c2ccc(F)cc2)C(=O)/C1=C\c1cc(Br)cc(Cl)c1O. The smallest absolute Gasteiger partial charge is 0.335 e. The van der Waals surface area contributed by atoms with Gasteiger partial charge < -0.3 is 5.11 Å². The molecule has 2 aromatic carbocycles. The Morgan fingerprint density at radius 1 is 1.15 bits per heavy atom. The molecule has 1 aliphatic heterocycles. The molecular weight excluding hydrogens is 431 g/mol. The number of carbonyl (C=O) groups is 3. The molecular formula is C17H9BrClFN2O4. The highest BCUT2D eigenvalue weighted by molar-refractivity contribution is 9.10. The second-order valence-corrected chi connectivity index (χ2v) is 6.58. The number of urea groups is 1. The summed E-state index contributed by atoms with van der Waals surface area (Å²) in [4.78, 5) is 37.5. The minimum Gasteiger partial charge on any atom is -0.506 e. The fourth-order valence-electron chi connectivity index (χ4n) is 2.33. The van der Waals surface area contributed by atoms with Gasteiger partial charge in [0.25, 0.3) is 11.8 Å². The number of phenolic OH excluding ortho intramolecular Hbond substituents is 1. The predicted octanol–water partition coefficient (Wildman–Crippen LogP) is 3.61. The number of phenols is 1. The number of amides is 4. The van der Waals surface area contributed by atoms with Crippen molar-refractivity contribution in [1.29, 1.82) is 0 Å². The molecule has 1 heterocycles. The molecule has 0 saturated carbocycles. The number of aromatic hydroxyl groups is 1. The van der Waals surface area contributed by atoms with Crippen LogP contribution in [0.25, 0.3) is 6.08 Å². The number of nitrogens with one attached hydrogen (secondary N) is 1. The van der Waals surface area contributed by atoms with Crippen molar-refractivity contribution >= 4 is 57.1 Å². The van der Waals surface area contributed by atoms with Gasteiger partial charge in [-0.25, -0.2) is 14.1 Å². The Hall–Kier alpha value is -2.71. The molecule has 2 aromatic rings. The van der Waals surface area contributed by atoms with Crippen LogP contribution in [0.5, 0.6) is 5.75 Å². The Labute approximate surface area is 160 Å². The van der Waals surface area contributed by atoms with Gasteiger partial charge in [0.05, 0.1) is 10.7 Å². The number of barbiturate groups is 1. The highest BCUT2D eigenvalue weighted by Crippen LogP contribution is 2.33. The molecule has 1 fully saturated rings. The lowest BCUT2D eigenvalue weighted by Crippen LogP contribution is -2.54. The summed E-state index contributed by atoms with van der Waals surface area (Å²) in [5, 5.41) is 12.1. The predicted molar refractivity (Wildman–Crippen MR) is 96.2 cm³/mol. The average molecular weight is 440 g/mol. The maximum absolute atomic E-state index is 13.1. The van der Waals surface area contributed by atoms with E-state index in [9.17, 15) is 23.9 Å². The highest BCUT2D eigenvalue weighted by atomic mass is 79.9. The zero-order chi connectivity index (χ0) is 19.0. The monoisotopic (exact) mass is 438 g/mol. The molecule has 0 atom stereocenters. The molecule has 0 aliphatic carbocycles. The first kappa shape index (κ1) is 18.1. The largest absolute Gasteiger partial charge is 0.506 e. The molecule has 1 saturated heterocycles. The van der Waals surface area contributed by atoms with Crippen molar-refractivity contribution in [3.8, 4) is 5.75 Å². The second kappa shape index (κ2) is 6.89. The maximum atomic E-state index is 13.1. The number of halogens is 3. The van der Waals surface area contributed by atoms with Crippen LogP contribution in [0.1, 0.15) is 5.56 Å². The first-order valence-corrected chi connectivity index (χ1v) is 8.30. The first-order chi connectivity index (χ1) is 12.3. The van der Waals surface area contributed by atoms with Crippen molar-refractivity contribution in [2.75, 3.05) is 4.90 Å². The topological polar surface area (TPSA) is 86.7 Å². The van der Waals surface area contributed by atoms with E-state index < -0.39 is 29.2 Å². The van der Waals surface area contributed by atoms with Crippen LogP contribution in [-0.4, -0.2) is 23.0 Å². The van der Waals surface area contributed by atoms with Crippen molar-refractivity contribution in [2.45, 2.75) is 0 Å². The third-order valence-electron chi connectivity index (χ3n) is 3.54. The molecule has 0 unspecified atom stereocenters. The molecule has 0 spiro atoms. The lowest BCUT2D eigenvalue weighted by atomic mass is 10.1. The number of hydrogen-bond donors (Lipinski definition) is 2. The van der Waals surface area contributed by atoms with Gasteiger partial charge in [-0.1, -0.05) is 27.5 Å². The fraction of sp³-hybridized carbons (Fsp3) is 0. The quantitative estimate of drug-likeness (QED) is 0.553. The molecule has 0 radical (unpaired) electrons. The number of carbonyl (C=O) groups excluding carboxylic acids is 3. The molecule has 6 nitrogen and oxygen atoms in total. The van der Waals surface area contributed by atoms with Crippen molar-refractivity contribution in [2.24, 2.45) is 0 Å². The van der Waals surface area contributed by atoms with Crippen molar-refractivity contribution in [1.82, 2.24) is 5.32 Å². The minimum atomic E-state index is -0.958. The van der Waals surface area contributed by atoms with Crippen LogP contribution in [-0.2, 0) is 9.59 Å². The molecule has 1 aliphatic rings. The van der Waals surface area contributed by atoms with Crippen molar-refractivity contribution in [3.63, 3.8) is 0 Å². The summed E-state index contributed by atoms with van der Waals surface area (Å²) in [6.45, 7) is 0. The van der Waals surface area contributed by atoms with E-state index in [1.165, 1.54) is 24.3 Å². The number of benzene rings is 2. The number of anilines is 1. The van der Waals surface area contributed by atoms with Gasteiger partial charge in [0.15, 0.2) is 0 Å². The van der Waals surface area contributed by atoms with Crippen LogP contribution in [0.4, 0.5) is 14.9 Å². The van der Waals surface area contributed by atoms with E-state index in [-0.39, 0.29) is 22.0 Å². The van der Waals surface area contributed by atoms with Gasteiger partial charge in [-0.05, 0) is 42.5 Å². The number of nitrogens with zero attached hydrogens (tertiary/aromatic N) is 1. The Kier molecular flexibility index (Phi) is 4.80. The van der Waals surface area contributed by atoms with E-state index >= 15 is 0 Å². The zero-order valence-electron chi connectivity index (χ0n) is 12.8. The van der Waals surface area contributed by atoms with Gasteiger partial charge in [-0.3, -0.25) is 14.9 Å². The van der Waals surface area contributed by atoms with Crippen LogP contribution < -0.4 is 10.2 Å².